The summed E-state index contributed by atoms with van der Waals surface area (Å²) in [7, 11) is 0. The second-order valence-electron chi connectivity index (χ2n) is 5.07. The van der Waals surface area contributed by atoms with E-state index in [4.69, 9.17) is 5.84 Å². The number of rotatable bonds is 3. The molecule has 0 radical (unpaired) electrons. The summed E-state index contributed by atoms with van der Waals surface area (Å²) in [6, 6.07) is 0.312. The first-order valence-corrected chi connectivity index (χ1v) is 5.41. The van der Waals surface area contributed by atoms with E-state index in [9.17, 15) is 0 Å². The van der Waals surface area contributed by atoms with Gasteiger partial charge in [0.2, 0.25) is 0 Å². The molecular formula is C11H21N5. The molecule has 4 N–H and O–H groups in total. The second-order valence-corrected chi connectivity index (χ2v) is 5.07. The molecule has 1 aromatic rings. The van der Waals surface area contributed by atoms with Crippen LogP contribution in [0.4, 0.5) is 11.6 Å². The molecule has 0 amide bonds. The summed E-state index contributed by atoms with van der Waals surface area (Å²) in [6.45, 7) is 10.6. The van der Waals surface area contributed by atoms with Crippen molar-refractivity contribution in [2.75, 3.05) is 10.7 Å². The molecule has 5 nitrogen and oxygen atoms in total. The fraction of sp³-hybridized carbons (Fsp3) is 0.636. The number of nitrogen functional groups attached to an aromatic ring is 1. The summed E-state index contributed by atoms with van der Waals surface area (Å²) in [4.78, 5) is 8.26. The predicted molar refractivity (Wildman–Crippen MR) is 67.1 cm³/mol. The van der Waals surface area contributed by atoms with Crippen LogP contribution < -0.4 is 16.6 Å². The van der Waals surface area contributed by atoms with Gasteiger partial charge in [0.25, 0.3) is 0 Å². The third kappa shape index (κ3) is 2.82. The van der Waals surface area contributed by atoms with Crippen molar-refractivity contribution >= 4 is 11.6 Å². The van der Waals surface area contributed by atoms with E-state index in [1.165, 1.54) is 6.33 Å². The van der Waals surface area contributed by atoms with Crippen LogP contribution in [-0.2, 0) is 0 Å². The zero-order chi connectivity index (χ0) is 12.3. The van der Waals surface area contributed by atoms with Crippen molar-refractivity contribution < 1.29 is 0 Å². The molecule has 5 heteroatoms. The van der Waals surface area contributed by atoms with Crippen LogP contribution in [0.25, 0.3) is 0 Å². The van der Waals surface area contributed by atoms with Crippen molar-refractivity contribution in [1.82, 2.24) is 9.97 Å². The first-order valence-electron chi connectivity index (χ1n) is 5.41. The molecule has 0 aliphatic rings. The van der Waals surface area contributed by atoms with Gasteiger partial charge >= 0.3 is 0 Å². The number of hydrogen-bond acceptors (Lipinski definition) is 5. The first kappa shape index (κ1) is 12.7. The van der Waals surface area contributed by atoms with Gasteiger partial charge < -0.3 is 10.7 Å². The van der Waals surface area contributed by atoms with Crippen LogP contribution in [0.15, 0.2) is 6.33 Å². The highest BCUT2D eigenvalue weighted by molar-refractivity contribution is 5.56. The van der Waals surface area contributed by atoms with Gasteiger partial charge in [0.1, 0.15) is 18.0 Å². The Morgan fingerprint density at radius 2 is 1.81 bits per heavy atom. The Balaban J connectivity index is 2.90. The van der Waals surface area contributed by atoms with Gasteiger partial charge in [0.05, 0.1) is 0 Å². The van der Waals surface area contributed by atoms with Gasteiger partial charge in [0, 0.05) is 11.6 Å². The molecule has 0 fully saturated rings. The highest BCUT2D eigenvalue weighted by Crippen LogP contribution is 2.24. The van der Waals surface area contributed by atoms with E-state index in [1.807, 2.05) is 6.92 Å². The third-order valence-corrected chi connectivity index (χ3v) is 2.87. The zero-order valence-corrected chi connectivity index (χ0v) is 10.6. The van der Waals surface area contributed by atoms with Crippen LogP contribution in [0.2, 0.25) is 0 Å². The van der Waals surface area contributed by atoms with Crippen LogP contribution >= 0.6 is 0 Å². The fourth-order valence-corrected chi connectivity index (χ4v) is 1.16. The summed E-state index contributed by atoms with van der Waals surface area (Å²) in [5, 5.41) is 3.38. The van der Waals surface area contributed by atoms with Gasteiger partial charge in [-0.15, -0.1) is 0 Å². The molecule has 0 saturated heterocycles. The number of nitrogens with zero attached hydrogens (tertiary/aromatic N) is 2. The van der Waals surface area contributed by atoms with Crippen molar-refractivity contribution in [1.29, 1.82) is 0 Å². The Hall–Kier alpha value is -1.36. The molecule has 0 aliphatic heterocycles. The van der Waals surface area contributed by atoms with Crippen LogP contribution in [-0.4, -0.2) is 16.0 Å². The summed E-state index contributed by atoms with van der Waals surface area (Å²) < 4.78 is 0. The van der Waals surface area contributed by atoms with Crippen molar-refractivity contribution in [3.8, 4) is 0 Å². The Morgan fingerprint density at radius 1 is 1.25 bits per heavy atom. The lowest BCUT2D eigenvalue weighted by Gasteiger charge is -2.29. The largest absolute Gasteiger partial charge is 0.367 e. The highest BCUT2D eigenvalue weighted by Gasteiger charge is 2.21. The molecule has 1 unspecified atom stereocenters. The maximum Gasteiger partial charge on any atom is 0.148 e. The number of hydrazine groups is 1. The van der Waals surface area contributed by atoms with Crippen molar-refractivity contribution in [2.45, 2.75) is 40.7 Å². The summed E-state index contributed by atoms with van der Waals surface area (Å²) >= 11 is 0. The van der Waals surface area contributed by atoms with E-state index >= 15 is 0 Å². The molecule has 16 heavy (non-hydrogen) atoms. The van der Waals surface area contributed by atoms with E-state index in [1.54, 1.807) is 0 Å². The molecule has 0 bridgehead atoms. The van der Waals surface area contributed by atoms with Crippen LogP contribution in [0.5, 0.6) is 0 Å². The Kier molecular flexibility index (Phi) is 3.70. The Bertz CT molecular complexity index is 356. The van der Waals surface area contributed by atoms with E-state index < -0.39 is 0 Å². The lowest BCUT2D eigenvalue weighted by Crippen LogP contribution is -2.31. The van der Waals surface area contributed by atoms with Gasteiger partial charge in [-0.05, 0) is 19.3 Å². The van der Waals surface area contributed by atoms with Gasteiger partial charge in [-0.3, -0.25) is 0 Å². The average molecular weight is 223 g/mol. The lowest BCUT2D eigenvalue weighted by atomic mass is 9.88. The Labute approximate surface area is 96.8 Å². The maximum absolute atomic E-state index is 5.37. The van der Waals surface area contributed by atoms with Crippen molar-refractivity contribution in [3.05, 3.63) is 11.9 Å². The quantitative estimate of drug-likeness (QED) is 0.539. The maximum atomic E-state index is 5.37. The SMILES string of the molecule is Cc1c(NN)ncnc1NC(C)C(C)(C)C. The molecule has 0 spiro atoms. The predicted octanol–water partition coefficient (Wildman–Crippen LogP) is 1.92. The van der Waals surface area contributed by atoms with E-state index in [2.05, 4.69) is 48.4 Å². The van der Waals surface area contributed by atoms with Crippen LogP contribution in [0, 0.1) is 12.3 Å². The number of anilines is 2. The minimum atomic E-state index is 0.174. The standard InChI is InChI=1S/C11H21N5/c1-7-9(13-6-14-10(7)16-12)15-8(2)11(3,4)5/h6,8H,12H2,1-5H3,(H2,13,14,15,16). The molecule has 1 atom stereocenters. The van der Waals surface area contributed by atoms with Gasteiger partial charge in [-0.25, -0.2) is 15.8 Å². The molecule has 1 rings (SSSR count). The summed E-state index contributed by atoms with van der Waals surface area (Å²) in [6.07, 6.45) is 1.50. The van der Waals surface area contributed by atoms with E-state index in [0.29, 0.717) is 11.9 Å². The lowest BCUT2D eigenvalue weighted by molar-refractivity contribution is 0.358. The summed E-state index contributed by atoms with van der Waals surface area (Å²) in [5.41, 5.74) is 3.66. The monoisotopic (exact) mass is 223 g/mol. The second kappa shape index (κ2) is 4.65. The van der Waals surface area contributed by atoms with Crippen molar-refractivity contribution in [2.24, 2.45) is 11.3 Å². The normalized spacial score (nSPS) is 13.4. The minimum absolute atomic E-state index is 0.174. The molecule has 0 saturated carbocycles. The van der Waals surface area contributed by atoms with E-state index in [-0.39, 0.29) is 5.41 Å². The molecule has 1 aromatic heterocycles. The fourth-order valence-electron chi connectivity index (χ4n) is 1.16. The molecule has 0 aromatic carbocycles. The van der Waals surface area contributed by atoms with Crippen molar-refractivity contribution in [3.63, 3.8) is 0 Å². The van der Waals surface area contributed by atoms with Crippen LogP contribution in [0.1, 0.15) is 33.3 Å². The molecule has 90 valence electrons. The van der Waals surface area contributed by atoms with Gasteiger partial charge in [-0.1, -0.05) is 20.8 Å². The minimum Gasteiger partial charge on any atom is -0.367 e. The zero-order valence-electron chi connectivity index (χ0n) is 10.6. The van der Waals surface area contributed by atoms with Gasteiger partial charge in [0.15, 0.2) is 0 Å². The highest BCUT2D eigenvalue weighted by atomic mass is 15.3. The number of hydrogen-bond donors (Lipinski definition) is 3. The average Bonchev–Trinajstić information content (AvgIpc) is 2.19. The van der Waals surface area contributed by atoms with Crippen LogP contribution in [0.3, 0.4) is 0 Å². The molecular weight excluding hydrogens is 202 g/mol. The number of aromatic nitrogens is 2. The summed E-state index contributed by atoms with van der Waals surface area (Å²) in [5.74, 6) is 6.84. The molecule has 1 heterocycles. The third-order valence-electron chi connectivity index (χ3n) is 2.87. The number of nitrogens with two attached hydrogens (primary N) is 1. The van der Waals surface area contributed by atoms with E-state index in [0.717, 1.165) is 11.4 Å². The number of nitrogens with one attached hydrogen (secondary N) is 2. The first-order chi connectivity index (χ1) is 7.36. The Morgan fingerprint density at radius 3 is 2.31 bits per heavy atom. The molecule has 0 aliphatic carbocycles. The van der Waals surface area contributed by atoms with Gasteiger partial charge in [-0.2, -0.15) is 0 Å². The smallest absolute Gasteiger partial charge is 0.148 e. The topological polar surface area (TPSA) is 75.9 Å².